The Morgan fingerprint density at radius 3 is 2.35 bits per heavy atom. The molecule has 0 radical (unpaired) electrons. The first-order valence-corrected chi connectivity index (χ1v) is 5.64. The van der Waals surface area contributed by atoms with E-state index >= 15 is 0 Å². The van der Waals surface area contributed by atoms with E-state index in [-0.39, 0.29) is 0 Å². The molecule has 0 aliphatic carbocycles. The SMILES string of the molecule is CCOc1ccc(C(C)(O)C=O)cc1OCC. The highest BCUT2D eigenvalue weighted by Crippen LogP contribution is 2.32. The molecule has 0 aromatic heterocycles. The van der Waals surface area contributed by atoms with Crippen LogP contribution < -0.4 is 9.47 Å². The van der Waals surface area contributed by atoms with Crippen molar-refractivity contribution in [1.82, 2.24) is 0 Å². The van der Waals surface area contributed by atoms with Crippen LogP contribution in [0.1, 0.15) is 26.3 Å². The van der Waals surface area contributed by atoms with E-state index in [9.17, 15) is 9.90 Å². The lowest BCUT2D eigenvalue weighted by atomic mass is 9.97. The highest BCUT2D eigenvalue weighted by atomic mass is 16.5. The van der Waals surface area contributed by atoms with Gasteiger partial charge in [-0.1, -0.05) is 6.07 Å². The van der Waals surface area contributed by atoms with E-state index in [4.69, 9.17) is 9.47 Å². The molecule has 1 unspecified atom stereocenters. The van der Waals surface area contributed by atoms with Crippen molar-refractivity contribution in [2.24, 2.45) is 0 Å². The van der Waals surface area contributed by atoms with Crippen molar-refractivity contribution in [3.63, 3.8) is 0 Å². The van der Waals surface area contributed by atoms with E-state index in [1.807, 2.05) is 13.8 Å². The summed E-state index contributed by atoms with van der Waals surface area (Å²) < 4.78 is 10.8. The van der Waals surface area contributed by atoms with Gasteiger partial charge in [-0.25, -0.2) is 0 Å². The molecule has 1 aromatic carbocycles. The lowest BCUT2D eigenvalue weighted by Crippen LogP contribution is -2.22. The molecule has 0 aliphatic rings. The summed E-state index contributed by atoms with van der Waals surface area (Å²) >= 11 is 0. The van der Waals surface area contributed by atoms with Crippen molar-refractivity contribution in [3.05, 3.63) is 23.8 Å². The number of carbonyl (C=O) groups is 1. The first-order chi connectivity index (χ1) is 8.05. The third-order valence-corrected chi connectivity index (χ3v) is 2.36. The number of hydrogen-bond acceptors (Lipinski definition) is 4. The van der Waals surface area contributed by atoms with Crippen LogP contribution in [0.3, 0.4) is 0 Å². The molecule has 0 aliphatic heterocycles. The van der Waals surface area contributed by atoms with E-state index in [1.54, 1.807) is 18.2 Å². The van der Waals surface area contributed by atoms with Crippen LogP contribution >= 0.6 is 0 Å². The molecule has 94 valence electrons. The fourth-order valence-electron chi connectivity index (χ4n) is 1.43. The summed E-state index contributed by atoms with van der Waals surface area (Å²) in [5.74, 6) is 1.15. The van der Waals surface area contributed by atoms with E-state index < -0.39 is 5.60 Å². The van der Waals surface area contributed by atoms with Crippen LogP contribution in [0.2, 0.25) is 0 Å². The molecule has 0 saturated carbocycles. The largest absolute Gasteiger partial charge is 0.490 e. The summed E-state index contributed by atoms with van der Waals surface area (Å²) in [6, 6.07) is 4.98. The van der Waals surface area contributed by atoms with Gasteiger partial charge in [-0.05, 0) is 38.5 Å². The molecule has 0 heterocycles. The van der Waals surface area contributed by atoms with Gasteiger partial charge < -0.3 is 14.6 Å². The van der Waals surface area contributed by atoms with E-state index in [0.717, 1.165) is 0 Å². The second-order valence-corrected chi connectivity index (χ2v) is 3.79. The third kappa shape index (κ3) is 3.20. The van der Waals surface area contributed by atoms with Gasteiger partial charge in [0.05, 0.1) is 13.2 Å². The molecule has 0 amide bonds. The van der Waals surface area contributed by atoms with Gasteiger partial charge in [0.1, 0.15) is 5.60 Å². The Morgan fingerprint density at radius 2 is 1.82 bits per heavy atom. The van der Waals surface area contributed by atoms with E-state index in [1.165, 1.54) is 6.92 Å². The molecule has 17 heavy (non-hydrogen) atoms. The van der Waals surface area contributed by atoms with Crippen LogP contribution in [0.15, 0.2) is 18.2 Å². The maximum Gasteiger partial charge on any atom is 0.161 e. The standard InChI is InChI=1S/C13H18O4/c1-4-16-11-7-6-10(13(3,15)9-14)8-12(11)17-5-2/h6-9,15H,4-5H2,1-3H3. The normalized spacial score (nSPS) is 13.9. The van der Waals surface area contributed by atoms with Crippen LogP contribution in [0, 0.1) is 0 Å². The van der Waals surface area contributed by atoms with Crippen LogP contribution in [0.4, 0.5) is 0 Å². The topological polar surface area (TPSA) is 55.8 Å². The van der Waals surface area contributed by atoms with E-state index in [0.29, 0.717) is 36.6 Å². The van der Waals surface area contributed by atoms with Gasteiger partial charge in [0.2, 0.25) is 0 Å². The van der Waals surface area contributed by atoms with Crippen LogP contribution in [0.5, 0.6) is 11.5 Å². The predicted molar refractivity (Wildman–Crippen MR) is 64.4 cm³/mol. The Hall–Kier alpha value is -1.55. The average molecular weight is 238 g/mol. The zero-order valence-corrected chi connectivity index (χ0v) is 10.4. The number of ether oxygens (including phenoxy) is 2. The highest BCUT2D eigenvalue weighted by molar-refractivity contribution is 5.66. The minimum atomic E-state index is -1.50. The lowest BCUT2D eigenvalue weighted by molar-refractivity contribution is -0.123. The minimum absolute atomic E-state index is 0.486. The molecule has 1 rings (SSSR count). The Bertz CT molecular complexity index is 385. The van der Waals surface area contributed by atoms with Crippen molar-refractivity contribution in [2.45, 2.75) is 26.4 Å². The molecular formula is C13H18O4. The zero-order valence-electron chi connectivity index (χ0n) is 10.4. The van der Waals surface area contributed by atoms with Gasteiger partial charge in [-0.2, -0.15) is 0 Å². The summed E-state index contributed by atoms with van der Waals surface area (Å²) in [5, 5.41) is 9.84. The zero-order chi connectivity index (χ0) is 12.9. The summed E-state index contributed by atoms with van der Waals surface area (Å²) in [5.41, 5.74) is -1.02. The van der Waals surface area contributed by atoms with Gasteiger partial charge in [0.15, 0.2) is 17.8 Å². The summed E-state index contributed by atoms with van der Waals surface area (Å²) in [4.78, 5) is 10.8. The molecule has 4 nitrogen and oxygen atoms in total. The summed E-state index contributed by atoms with van der Waals surface area (Å²) in [6.07, 6.45) is 0.498. The van der Waals surface area contributed by atoms with Gasteiger partial charge in [0, 0.05) is 0 Å². The Balaban J connectivity index is 3.13. The van der Waals surface area contributed by atoms with Crippen molar-refractivity contribution >= 4 is 6.29 Å². The van der Waals surface area contributed by atoms with Gasteiger partial charge in [-0.15, -0.1) is 0 Å². The van der Waals surface area contributed by atoms with Crippen molar-refractivity contribution < 1.29 is 19.4 Å². The van der Waals surface area contributed by atoms with Crippen molar-refractivity contribution in [1.29, 1.82) is 0 Å². The fourth-order valence-corrected chi connectivity index (χ4v) is 1.43. The fraction of sp³-hybridized carbons (Fsp3) is 0.462. The number of carbonyl (C=O) groups excluding carboxylic acids is 1. The molecular weight excluding hydrogens is 220 g/mol. The number of aldehydes is 1. The molecule has 0 spiro atoms. The minimum Gasteiger partial charge on any atom is -0.490 e. The maximum atomic E-state index is 10.8. The van der Waals surface area contributed by atoms with Crippen molar-refractivity contribution in [3.8, 4) is 11.5 Å². The molecule has 4 heteroatoms. The smallest absolute Gasteiger partial charge is 0.161 e. The predicted octanol–water partition coefficient (Wildman–Crippen LogP) is 1.89. The van der Waals surface area contributed by atoms with Crippen LogP contribution in [-0.2, 0) is 10.4 Å². The van der Waals surface area contributed by atoms with Gasteiger partial charge >= 0.3 is 0 Å². The molecule has 1 atom stereocenters. The quantitative estimate of drug-likeness (QED) is 0.769. The Kier molecular flexibility index (Phi) is 4.52. The van der Waals surface area contributed by atoms with Crippen LogP contribution in [0.25, 0.3) is 0 Å². The highest BCUT2D eigenvalue weighted by Gasteiger charge is 2.23. The Morgan fingerprint density at radius 1 is 1.24 bits per heavy atom. The first-order valence-electron chi connectivity index (χ1n) is 5.64. The van der Waals surface area contributed by atoms with Gasteiger partial charge in [0.25, 0.3) is 0 Å². The third-order valence-electron chi connectivity index (χ3n) is 2.36. The average Bonchev–Trinajstić information content (AvgIpc) is 2.32. The summed E-state index contributed by atoms with van der Waals surface area (Å²) in [6.45, 7) is 6.20. The maximum absolute atomic E-state index is 10.8. The number of benzene rings is 1. The lowest BCUT2D eigenvalue weighted by Gasteiger charge is -2.19. The molecule has 1 N–H and O–H groups in total. The second kappa shape index (κ2) is 5.68. The molecule has 0 bridgehead atoms. The number of hydrogen-bond donors (Lipinski definition) is 1. The van der Waals surface area contributed by atoms with Crippen LogP contribution in [-0.4, -0.2) is 24.6 Å². The number of aliphatic hydroxyl groups is 1. The molecule has 0 saturated heterocycles. The van der Waals surface area contributed by atoms with E-state index in [2.05, 4.69) is 0 Å². The molecule has 1 aromatic rings. The first kappa shape index (κ1) is 13.5. The monoisotopic (exact) mass is 238 g/mol. The van der Waals surface area contributed by atoms with Gasteiger partial charge in [-0.3, -0.25) is 4.79 Å². The summed E-state index contributed by atoms with van der Waals surface area (Å²) in [7, 11) is 0. The second-order valence-electron chi connectivity index (χ2n) is 3.79. The molecule has 0 fully saturated rings. The number of rotatable bonds is 6. The van der Waals surface area contributed by atoms with Crippen molar-refractivity contribution in [2.75, 3.05) is 13.2 Å². The Labute approximate surface area is 101 Å².